The maximum Gasteiger partial charge on any atom is 0.130 e. The Morgan fingerprint density at radius 2 is 2.11 bits per heavy atom. The second-order valence-corrected chi connectivity index (χ2v) is 5.15. The summed E-state index contributed by atoms with van der Waals surface area (Å²) in [5.74, 6) is 0.829. The molecule has 0 saturated carbocycles. The summed E-state index contributed by atoms with van der Waals surface area (Å²) in [6.45, 7) is 1.95. The van der Waals surface area contributed by atoms with Crippen molar-refractivity contribution in [1.82, 2.24) is 9.97 Å². The first-order valence-corrected chi connectivity index (χ1v) is 6.45. The molecule has 18 heavy (non-hydrogen) atoms. The number of hydrogen-bond acceptors (Lipinski definition) is 3. The quantitative estimate of drug-likeness (QED) is 0.843. The molecule has 1 aromatic carbocycles. The molecular weight excluding hydrogens is 246 g/mol. The highest BCUT2D eigenvalue weighted by molar-refractivity contribution is 6.21. The van der Waals surface area contributed by atoms with E-state index in [4.69, 9.17) is 11.6 Å². The zero-order valence-corrected chi connectivity index (χ0v) is 10.9. The summed E-state index contributed by atoms with van der Waals surface area (Å²) in [7, 11) is 0. The molecule has 1 N–H and O–H groups in total. The van der Waals surface area contributed by atoms with Gasteiger partial charge in [0.05, 0.1) is 11.4 Å². The zero-order valence-electron chi connectivity index (χ0n) is 10.1. The van der Waals surface area contributed by atoms with Crippen LogP contribution in [-0.2, 0) is 6.42 Å². The van der Waals surface area contributed by atoms with Gasteiger partial charge >= 0.3 is 0 Å². The third-order valence-electron chi connectivity index (χ3n) is 3.27. The fraction of sp³-hybridized carbons (Fsp3) is 0.286. The third kappa shape index (κ3) is 2.06. The Kier molecular flexibility index (Phi) is 2.92. The Labute approximate surface area is 111 Å². The highest BCUT2D eigenvalue weighted by atomic mass is 35.5. The first-order chi connectivity index (χ1) is 8.74. The van der Waals surface area contributed by atoms with Crippen molar-refractivity contribution in [1.29, 1.82) is 0 Å². The molecule has 1 heterocycles. The number of aromatic nitrogens is 2. The Hall–Kier alpha value is -1.61. The lowest BCUT2D eigenvalue weighted by Gasteiger charge is -2.18. The van der Waals surface area contributed by atoms with Gasteiger partial charge in [-0.3, -0.25) is 0 Å². The Bertz CT molecular complexity index is 570. The van der Waals surface area contributed by atoms with Crippen LogP contribution in [0, 0.1) is 6.92 Å². The van der Waals surface area contributed by atoms with E-state index >= 15 is 0 Å². The number of anilines is 1. The lowest BCUT2D eigenvalue weighted by atomic mass is 10.1. The minimum absolute atomic E-state index is 0.0673. The van der Waals surface area contributed by atoms with E-state index in [1.54, 1.807) is 6.33 Å². The van der Waals surface area contributed by atoms with Gasteiger partial charge in [-0.05, 0) is 24.5 Å². The van der Waals surface area contributed by atoms with Crippen LogP contribution in [0.3, 0.4) is 0 Å². The van der Waals surface area contributed by atoms with Crippen molar-refractivity contribution < 1.29 is 0 Å². The molecule has 1 aliphatic rings. The van der Waals surface area contributed by atoms with E-state index in [1.165, 1.54) is 11.1 Å². The van der Waals surface area contributed by atoms with Crippen LogP contribution in [-0.4, -0.2) is 15.3 Å². The van der Waals surface area contributed by atoms with Gasteiger partial charge in [-0.2, -0.15) is 0 Å². The van der Waals surface area contributed by atoms with Gasteiger partial charge in [0.15, 0.2) is 0 Å². The molecule has 0 radical (unpaired) electrons. The SMILES string of the molecule is Cc1cc(NC2c3ccccc3CC2Cl)ncn1. The maximum absolute atomic E-state index is 6.43. The molecule has 0 spiro atoms. The second-order valence-electron chi connectivity index (χ2n) is 4.59. The zero-order chi connectivity index (χ0) is 12.5. The van der Waals surface area contributed by atoms with Gasteiger partial charge in [-0.1, -0.05) is 24.3 Å². The summed E-state index contributed by atoms with van der Waals surface area (Å²) in [6, 6.07) is 10.4. The van der Waals surface area contributed by atoms with Crippen LogP contribution in [0.1, 0.15) is 22.9 Å². The predicted octanol–water partition coefficient (Wildman–Crippen LogP) is 3.10. The fourth-order valence-electron chi connectivity index (χ4n) is 2.41. The Balaban J connectivity index is 1.89. The minimum Gasteiger partial charge on any atom is -0.362 e. The second kappa shape index (κ2) is 4.58. The van der Waals surface area contributed by atoms with Crippen LogP contribution in [0.5, 0.6) is 0 Å². The van der Waals surface area contributed by atoms with Crippen molar-refractivity contribution in [2.24, 2.45) is 0 Å². The molecule has 2 aromatic rings. The number of hydrogen-bond donors (Lipinski definition) is 1. The molecule has 2 unspecified atom stereocenters. The van der Waals surface area contributed by atoms with Gasteiger partial charge in [-0.15, -0.1) is 11.6 Å². The number of nitrogens with one attached hydrogen (secondary N) is 1. The molecule has 3 nitrogen and oxygen atoms in total. The molecule has 1 aromatic heterocycles. The topological polar surface area (TPSA) is 37.8 Å². The number of halogens is 1. The molecule has 1 aliphatic carbocycles. The maximum atomic E-state index is 6.43. The summed E-state index contributed by atoms with van der Waals surface area (Å²) >= 11 is 6.43. The monoisotopic (exact) mass is 259 g/mol. The molecule has 0 bridgehead atoms. The van der Waals surface area contributed by atoms with Gasteiger partial charge in [0, 0.05) is 11.8 Å². The average molecular weight is 260 g/mol. The molecule has 0 amide bonds. The summed E-state index contributed by atoms with van der Waals surface area (Å²) in [6.07, 6.45) is 2.47. The van der Waals surface area contributed by atoms with Crippen molar-refractivity contribution >= 4 is 17.4 Å². The predicted molar refractivity (Wildman–Crippen MR) is 72.9 cm³/mol. The van der Waals surface area contributed by atoms with Gasteiger partial charge in [0.1, 0.15) is 12.1 Å². The minimum atomic E-state index is 0.0673. The normalized spacial score (nSPS) is 21.7. The van der Waals surface area contributed by atoms with Crippen LogP contribution in [0.4, 0.5) is 5.82 Å². The molecule has 0 saturated heterocycles. The average Bonchev–Trinajstić information content (AvgIpc) is 2.66. The number of nitrogens with zero attached hydrogens (tertiary/aromatic N) is 2. The van der Waals surface area contributed by atoms with E-state index in [2.05, 4.69) is 33.5 Å². The highest BCUT2D eigenvalue weighted by Crippen LogP contribution is 2.36. The Morgan fingerprint density at radius 3 is 2.94 bits per heavy atom. The van der Waals surface area contributed by atoms with Crippen LogP contribution in [0.15, 0.2) is 36.7 Å². The lowest BCUT2D eigenvalue weighted by molar-refractivity contribution is 0.765. The number of aryl methyl sites for hydroxylation is 1. The van der Waals surface area contributed by atoms with Crippen LogP contribution < -0.4 is 5.32 Å². The van der Waals surface area contributed by atoms with E-state index in [0.717, 1.165) is 17.9 Å². The van der Waals surface area contributed by atoms with E-state index < -0.39 is 0 Å². The third-order valence-corrected chi connectivity index (χ3v) is 3.68. The number of alkyl halides is 1. The molecule has 0 aliphatic heterocycles. The van der Waals surface area contributed by atoms with Crippen molar-refractivity contribution in [3.63, 3.8) is 0 Å². The molecule has 4 heteroatoms. The van der Waals surface area contributed by atoms with E-state index in [1.807, 2.05) is 19.1 Å². The van der Waals surface area contributed by atoms with Gasteiger partial charge in [-0.25, -0.2) is 9.97 Å². The number of fused-ring (bicyclic) bond motifs is 1. The van der Waals surface area contributed by atoms with Crippen molar-refractivity contribution in [3.05, 3.63) is 53.5 Å². The molecule has 0 fully saturated rings. The van der Waals surface area contributed by atoms with Gasteiger partial charge in [0.2, 0.25) is 0 Å². The Morgan fingerprint density at radius 1 is 1.28 bits per heavy atom. The molecule has 3 rings (SSSR count). The molecule has 2 atom stereocenters. The van der Waals surface area contributed by atoms with Gasteiger partial charge in [0.25, 0.3) is 0 Å². The standard InChI is InChI=1S/C14H14ClN3/c1-9-6-13(17-8-16-9)18-14-11-5-3-2-4-10(11)7-12(14)15/h2-6,8,12,14H,7H2,1H3,(H,16,17,18). The summed E-state index contributed by atoms with van der Waals surface area (Å²) in [4.78, 5) is 8.32. The van der Waals surface area contributed by atoms with Crippen molar-refractivity contribution in [2.45, 2.75) is 24.8 Å². The first kappa shape index (κ1) is 11.5. The first-order valence-electron chi connectivity index (χ1n) is 6.01. The molecular formula is C14H14ClN3. The van der Waals surface area contributed by atoms with E-state index in [9.17, 15) is 0 Å². The van der Waals surface area contributed by atoms with Crippen LogP contribution in [0.25, 0.3) is 0 Å². The summed E-state index contributed by atoms with van der Waals surface area (Å²) < 4.78 is 0. The van der Waals surface area contributed by atoms with Gasteiger partial charge < -0.3 is 5.32 Å². The van der Waals surface area contributed by atoms with Crippen molar-refractivity contribution in [3.8, 4) is 0 Å². The molecule has 92 valence electrons. The van der Waals surface area contributed by atoms with E-state index in [-0.39, 0.29) is 11.4 Å². The summed E-state index contributed by atoms with van der Waals surface area (Å²) in [5, 5.41) is 3.47. The van der Waals surface area contributed by atoms with Crippen LogP contribution in [0.2, 0.25) is 0 Å². The van der Waals surface area contributed by atoms with E-state index in [0.29, 0.717) is 0 Å². The number of benzene rings is 1. The largest absolute Gasteiger partial charge is 0.362 e. The lowest BCUT2D eigenvalue weighted by Crippen LogP contribution is -2.17. The highest BCUT2D eigenvalue weighted by Gasteiger charge is 2.30. The number of rotatable bonds is 2. The fourth-order valence-corrected chi connectivity index (χ4v) is 2.77. The smallest absolute Gasteiger partial charge is 0.130 e. The van der Waals surface area contributed by atoms with Crippen molar-refractivity contribution in [2.75, 3.05) is 5.32 Å². The summed E-state index contributed by atoms with van der Waals surface area (Å²) in [5.41, 5.74) is 3.54. The van der Waals surface area contributed by atoms with Crippen LogP contribution >= 0.6 is 11.6 Å².